The molecule has 17 heavy (non-hydrogen) atoms. The molecule has 96 valence electrons. The molecule has 2 heterocycles. The molecule has 0 unspecified atom stereocenters. The smallest absolute Gasteiger partial charge is 0.274 e. The summed E-state index contributed by atoms with van der Waals surface area (Å²) in [5.41, 5.74) is 0. The first-order chi connectivity index (χ1) is 7.93. The molecule has 2 aliphatic heterocycles. The molecular weight excluding hydrogens is 264 g/mol. The van der Waals surface area contributed by atoms with Gasteiger partial charge in [-0.05, 0) is 0 Å². The average molecular weight is 278 g/mol. The number of aliphatic imine (C=N–C) groups is 1. The fourth-order valence-corrected chi connectivity index (χ4v) is 6.01. The summed E-state index contributed by atoms with van der Waals surface area (Å²) in [6.45, 7) is -0.0501. The third kappa shape index (κ3) is 2.63. The molecular formula is C9H14N2O4S2. The largest absolute Gasteiger partial charge is 0.375 e. The van der Waals surface area contributed by atoms with Gasteiger partial charge in [0.1, 0.15) is 6.61 Å². The van der Waals surface area contributed by atoms with Crippen molar-refractivity contribution in [1.29, 1.82) is 0 Å². The van der Waals surface area contributed by atoms with Crippen molar-refractivity contribution in [3.8, 4) is 0 Å². The SMILES string of the molecule is COCC(=O)N=C1S[C@H]2CS(=O)(=O)C[C@H]2N1C. The van der Waals surface area contributed by atoms with Gasteiger partial charge in [0.05, 0.1) is 17.5 Å². The van der Waals surface area contributed by atoms with E-state index in [4.69, 9.17) is 4.74 Å². The maximum Gasteiger partial charge on any atom is 0.274 e. The van der Waals surface area contributed by atoms with Gasteiger partial charge in [-0.15, -0.1) is 0 Å². The summed E-state index contributed by atoms with van der Waals surface area (Å²) >= 11 is 1.37. The monoisotopic (exact) mass is 278 g/mol. The molecule has 8 heteroatoms. The van der Waals surface area contributed by atoms with Crippen molar-refractivity contribution < 1.29 is 17.9 Å². The quantitative estimate of drug-likeness (QED) is 0.669. The number of rotatable bonds is 2. The topological polar surface area (TPSA) is 76.0 Å². The molecule has 6 nitrogen and oxygen atoms in total. The lowest BCUT2D eigenvalue weighted by atomic mass is 10.2. The van der Waals surface area contributed by atoms with Gasteiger partial charge >= 0.3 is 0 Å². The molecule has 2 atom stereocenters. The molecule has 0 aromatic heterocycles. The third-order valence-electron chi connectivity index (χ3n) is 2.82. The van der Waals surface area contributed by atoms with Crippen LogP contribution < -0.4 is 0 Å². The molecule has 0 saturated carbocycles. The van der Waals surface area contributed by atoms with E-state index in [1.807, 2.05) is 0 Å². The molecule has 0 aromatic rings. The van der Waals surface area contributed by atoms with Crippen LogP contribution in [0.1, 0.15) is 0 Å². The molecule has 0 N–H and O–H groups in total. The second kappa shape index (κ2) is 4.58. The number of amides is 1. The van der Waals surface area contributed by atoms with Crippen molar-refractivity contribution in [3.05, 3.63) is 0 Å². The second-order valence-corrected chi connectivity index (χ2v) is 7.49. The molecule has 0 aromatic carbocycles. The Hall–Kier alpha value is -0.600. The highest BCUT2D eigenvalue weighted by atomic mass is 32.2. The summed E-state index contributed by atoms with van der Waals surface area (Å²) in [6.07, 6.45) is 0. The number of nitrogens with zero attached hydrogens (tertiary/aromatic N) is 2. The molecule has 0 bridgehead atoms. The molecule has 2 rings (SSSR count). The first kappa shape index (κ1) is 12.8. The molecule has 1 amide bonds. The molecule has 0 aliphatic carbocycles. The maximum atomic E-state index is 11.5. The fraction of sp³-hybridized carbons (Fsp3) is 0.778. The van der Waals surface area contributed by atoms with Gasteiger partial charge in [0.15, 0.2) is 15.0 Å². The summed E-state index contributed by atoms with van der Waals surface area (Å²) in [5, 5.41) is 0.594. The van der Waals surface area contributed by atoms with Crippen molar-refractivity contribution in [2.75, 3.05) is 32.3 Å². The molecule has 2 saturated heterocycles. The highest BCUT2D eigenvalue weighted by molar-refractivity contribution is 8.15. The van der Waals surface area contributed by atoms with Crippen molar-refractivity contribution in [2.45, 2.75) is 11.3 Å². The molecule has 0 radical (unpaired) electrons. The Labute approximate surface area is 104 Å². The first-order valence-corrected chi connectivity index (χ1v) is 7.83. The Balaban J connectivity index is 2.10. The molecule has 0 spiro atoms. The Morgan fingerprint density at radius 3 is 2.88 bits per heavy atom. The van der Waals surface area contributed by atoms with Gasteiger partial charge in [-0.1, -0.05) is 11.8 Å². The van der Waals surface area contributed by atoms with Crippen LogP contribution in [-0.4, -0.2) is 68.0 Å². The summed E-state index contributed by atoms with van der Waals surface area (Å²) in [7, 11) is 0.283. The predicted molar refractivity (Wildman–Crippen MR) is 65.9 cm³/mol. The summed E-state index contributed by atoms with van der Waals surface area (Å²) in [5.74, 6) is -0.0206. The van der Waals surface area contributed by atoms with Crippen LogP contribution in [-0.2, 0) is 19.4 Å². The van der Waals surface area contributed by atoms with Crippen LogP contribution >= 0.6 is 11.8 Å². The standard InChI is InChI=1S/C9H14N2O4S2/c1-11-6-4-17(13,14)5-7(6)16-9(11)10-8(12)3-15-2/h6-7H,3-5H2,1-2H3/t6-,7+/m1/s1. The van der Waals surface area contributed by atoms with Crippen LogP contribution in [0.25, 0.3) is 0 Å². The Morgan fingerprint density at radius 2 is 2.29 bits per heavy atom. The van der Waals surface area contributed by atoms with Crippen LogP contribution in [0.4, 0.5) is 0 Å². The minimum absolute atomic E-state index is 0.000838. The Bertz CT molecular complexity index is 460. The number of hydrogen-bond donors (Lipinski definition) is 0. The lowest BCUT2D eigenvalue weighted by Crippen LogP contribution is -2.34. The lowest BCUT2D eigenvalue weighted by Gasteiger charge is -2.17. The zero-order chi connectivity index (χ0) is 12.6. The van der Waals surface area contributed by atoms with E-state index in [9.17, 15) is 13.2 Å². The number of fused-ring (bicyclic) bond motifs is 1. The lowest BCUT2D eigenvalue weighted by molar-refractivity contribution is -0.121. The van der Waals surface area contributed by atoms with E-state index in [0.717, 1.165) is 0 Å². The predicted octanol–water partition coefficient (Wildman–Crippen LogP) is -0.640. The van der Waals surface area contributed by atoms with Gasteiger partial charge in [-0.2, -0.15) is 4.99 Å². The average Bonchev–Trinajstić information content (AvgIpc) is 2.63. The van der Waals surface area contributed by atoms with Crippen molar-refractivity contribution in [1.82, 2.24) is 4.90 Å². The number of amidine groups is 1. The highest BCUT2D eigenvalue weighted by Crippen LogP contribution is 2.36. The van der Waals surface area contributed by atoms with Gasteiger partial charge in [-0.25, -0.2) is 8.42 Å². The second-order valence-electron chi connectivity index (χ2n) is 4.13. The summed E-state index contributed by atoms with van der Waals surface area (Å²) < 4.78 is 27.6. The van der Waals surface area contributed by atoms with Crippen LogP contribution in [0.15, 0.2) is 4.99 Å². The van der Waals surface area contributed by atoms with Gasteiger partial charge in [0.2, 0.25) is 0 Å². The van der Waals surface area contributed by atoms with Gasteiger partial charge < -0.3 is 9.64 Å². The van der Waals surface area contributed by atoms with E-state index in [0.29, 0.717) is 5.17 Å². The minimum atomic E-state index is -2.93. The number of hydrogen-bond acceptors (Lipinski definition) is 5. The number of carbonyl (C=O) groups is 1. The number of sulfone groups is 1. The van der Waals surface area contributed by atoms with E-state index in [-0.39, 0.29) is 35.3 Å². The van der Waals surface area contributed by atoms with Crippen molar-refractivity contribution in [3.63, 3.8) is 0 Å². The third-order valence-corrected chi connectivity index (χ3v) is 6.12. The fourth-order valence-electron chi connectivity index (χ4n) is 2.00. The van der Waals surface area contributed by atoms with E-state index < -0.39 is 9.84 Å². The van der Waals surface area contributed by atoms with Crippen molar-refractivity contribution in [2.24, 2.45) is 4.99 Å². The normalized spacial score (nSPS) is 33.1. The van der Waals surface area contributed by atoms with Gasteiger partial charge in [0, 0.05) is 19.4 Å². The van der Waals surface area contributed by atoms with E-state index in [1.165, 1.54) is 18.9 Å². The van der Waals surface area contributed by atoms with E-state index in [2.05, 4.69) is 4.99 Å². The summed E-state index contributed by atoms with van der Waals surface area (Å²) in [6, 6.07) is -0.0564. The van der Waals surface area contributed by atoms with Crippen LogP contribution in [0.3, 0.4) is 0 Å². The minimum Gasteiger partial charge on any atom is -0.375 e. The Morgan fingerprint density at radius 1 is 1.59 bits per heavy atom. The number of thioether (sulfide) groups is 1. The Kier molecular flexibility index (Phi) is 3.46. The number of ether oxygens (including phenoxy) is 1. The highest BCUT2D eigenvalue weighted by Gasteiger charge is 2.47. The zero-order valence-corrected chi connectivity index (χ0v) is 11.3. The first-order valence-electron chi connectivity index (χ1n) is 5.13. The van der Waals surface area contributed by atoms with Crippen LogP contribution in [0.5, 0.6) is 0 Å². The maximum absolute atomic E-state index is 11.5. The van der Waals surface area contributed by atoms with Gasteiger partial charge in [-0.3, -0.25) is 4.79 Å². The van der Waals surface area contributed by atoms with Crippen LogP contribution in [0.2, 0.25) is 0 Å². The molecule has 2 aliphatic rings. The van der Waals surface area contributed by atoms with Crippen molar-refractivity contribution >= 4 is 32.7 Å². The van der Waals surface area contributed by atoms with E-state index in [1.54, 1.807) is 11.9 Å². The van der Waals surface area contributed by atoms with Crippen LogP contribution in [0, 0.1) is 0 Å². The number of carbonyl (C=O) groups excluding carboxylic acids is 1. The number of methoxy groups -OCH3 is 1. The molecule has 2 fully saturated rings. The van der Waals surface area contributed by atoms with E-state index >= 15 is 0 Å². The summed E-state index contributed by atoms with van der Waals surface area (Å²) in [4.78, 5) is 17.0. The zero-order valence-electron chi connectivity index (χ0n) is 9.62. The van der Waals surface area contributed by atoms with Gasteiger partial charge in [0.25, 0.3) is 5.91 Å².